The van der Waals surface area contributed by atoms with Gasteiger partial charge in [0.2, 0.25) is 0 Å². The van der Waals surface area contributed by atoms with E-state index in [1.54, 1.807) is 18.2 Å². The monoisotopic (exact) mass is 320 g/mol. The number of carbonyl (C=O) groups is 1. The van der Waals surface area contributed by atoms with Crippen LogP contribution in [0.2, 0.25) is 5.02 Å². The third-order valence-corrected chi connectivity index (χ3v) is 3.27. The summed E-state index contributed by atoms with van der Waals surface area (Å²) in [6.07, 6.45) is 0. The van der Waals surface area contributed by atoms with Gasteiger partial charge in [0, 0.05) is 5.02 Å². The lowest BCUT2D eigenvalue weighted by Crippen LogP contribution is -2.18. The molecule has 22 heavy (non-hydrogen) atoms. The van der Waals surface area contributed by atoms with Gasteiger partial charge in [-0.3, -0.25) is 0 Å². The predicted molar refractivity (Wildman–Crippen MR) is 84.6 cm³/mol. The number of benzene rings is 2. The van der Waals surface area contributed by atoms with Crippen LogP contribution in [-0.2, 0) is 9.53 Å². The van der Waals surface area contributed by atoms with Crippen LogP contribution in [0.4, 0.5) is 0 Å². The number of ether oxygens (including phenoxy) is 3. The van der Waals surface area contributed by atoms with E-state index in [-0.39, 0.29) is 13.2 Å². The molecule has 0 aromatic heterocycles. The molecule has 0 atom stereocenters. The highest BCUT2D eigenvalue weighted by atomic mass is 35.5. The molecule has 2 rings (SSSR count). The first kappa shape index (κ1) is 16.2. The average Bonchev–Trinajstić information content (AvgIpc) is 2.54. The van der Waals surface area contributed by atoms with E-state index in [9.17, 15) is 4.79 Å². The van der Waals surface area contributed by atoms with Crippen LogP contribution in [0.15, 0.2) is 48.5 Å². The number of halogens is 1. The van der Waals surface area contributed by atoms with Crippen molar-refractivity contribution in [1.82, 2.24) is 0 Å². The maximum absolute atomic E-state index is 11.6. The number of hydrogen-bond acceptors (Lipinski definition) is 4. The Balaban J connectivity index is 1.64. The summed E-state index contributed by atoms with van der Waals surface area (Å²) >= 11 is 5.92. The fourth-order valence-corrected chi connectivity index (χ4v) is 1.84. The van der Waals surface area contributed by atoms with E-state index in [4.69, 9.17) is 25.8 Å². The Kier molecular flexibility index (Phi) is 6.10. The standard InChI is InChI=1S/C17H17ClO4/c1-13-11-15(7-8-16(13)18)22-12-17(19)21-10-9-20-14-5-3-2-4-6-14/h2-8,11H,9-10,12H2,1H3. The highest BCUT2D eigenvalue weighted by Crippen LogP contribution is 2.20. The first-order valence-corrected chi connectivity index (χ1v) is 7.25. The van der Waals surface area contributed by atoms with Crippen molar-refractivity contribution in [3.63, 3.8) is 0 Å². The first-order chi connectivity index (χ1) is 10.6. The van der Waals surface area contributed by atoms with Gasteiger partial charge in [-0.1, -0.05) is 29.8 Å². The summed E-state index contributed by atoms with van der Waals surface area (Å²) < 4.78 is 15.8. The van der Waals surface area contributed by atoms with E-state index in [1.807, 2.05) is 37.3 Å². The molecule has 0 fully saturated rings. The molecule has 0 aliphatic heterocycles. The Morgan fingerprint density at radius 3 is 2.50 bits per heavy atom. The number of hydrogen-bond donors (Lipinski definition) is 0. The lowest BCUT2D eigenvalue weighted by Gasteiger charge is -2.09. The molecule has 116 valence electrons. The Labute approximate surface area is 134 Å². The van der Waals surface area contributed by atoms with Crippen molar-refractivity contribution >= 4 is 17.6 Å². The second-order valence-corrected chi connectivity index (χ2v) is 4.99. The quantitative estimate of drug-likeness (QED) is 0.577. The maximum atomic E-state index is 11.6. The van der Waals surface area contributed by atoms with Gasteiger partial charge in [-0.25, -0.2) is 4.79 Å². The van der Waals surface area contributed by atoms with Crippen molar-refractivity contribution in [2.45, 2.75) is 6.92 Å². The summed E-state index contributed by atoms with van der Waals surface area (Å²) in [5.41, 5.74) is 0.892. The molecule has 0 unspecified atom stereocenters. The van der Waals surface area contributed by atoms with Gasteiger partial charge in [-0.15, -0.1) is 0 Å². The SMILES string of the molecule is Cc1cc(OCC(=O)OCCOc2ccccc2)ccc1Cl. The zero-order valence-electron chi connectivity index (χ0n) is 12.3. The summed E-state index contributed by atoms with van der Waals surface area (Å²) in [6.45, 7) is 2.20. The molecule has 4 nitrogen and oxygen atoms in total. The molecule has 0 radical (unpaired) electrons. The van der Waals surface area contributed by atoms with E-state index in [2.05, 4.69) is 0 Å². The minimum Gasteiger partial charge on any atom is -0.490 e. The Hall–Kier alpha value is -2.20. The minimum absolute atomic E-state index is 0.146. The molecular formula is C17H17ClO4. The van der Waals surface area contributed by atoms with Crippen LogP contribution in [0.1, 0.15) is 5.56 Å². The van der Waals surface area contributed by atoms with Gasteiger partial charge in [0.1, 0.15) is 24.7 Å². The van der Waals surface area contributed by atoms with Crippen molar-refractivity contribution in [3.05, 3.63) is 59.1 Å². The van der Waals surface area contributed by atoms with Crippen molar-refractivity contribution in [2.75, 3.05) is 19.8 Å². The molecule has 0 saturated heterocycles. The molecule has 0 bridgehead atoms. The van der Waals surface area contributed by atoms with Crippen LogP contribution in [0.25, 0.3) is 0 Å². The van der Waals surface area contributed by atoms with Crippen molar-refractivity contribution in [2.24, 2.45) is 0 Å². The molecule has 2 aromatic carbocycles. The van der Waals surface area contributed by atoms with E-state index < -0.39 is 5.97 Å². The lowest BCUT2D eigenvalue weighted by molar-refractivity contribution is -0.146. The van der Waals surface area contributed by atoms with E-state index in [0.29, 0.717) is 17.4 Å². The highest BCUT2D eigenvalue weighted by molar-refractivity contribution is 6.31. The molecule has 0 heterocycles. The van der Waals surface area contributed by atoms with Crippen molar-refractivity contribution in [1.29, 1.82) is 0 Å². The summed E-state index contributed by atoms with van der Waals surface area (Å²) in [5, 5.41) is 0.660. The zero-order valence-corrected chi connectivity index (χ0v) is 13.0. The van der Waals surface area contributed by atoms with Crippen molar-refractivity contribution in [3.8, 4) is 11.5 Å². The van der Waals surface area contributed by atoms with Gasteiger partial charge in [-0.2, -0.15) is 0 Å². The maximum Gasteiger partial charge on any atom is 0.344 e. The number of esters is 1. The topological polar surface area (TPSA) is 44.8 Å². The molecule has 0 aliphatic rings. The van der Waals surface area contributed by atoms with Gasteiger partial charge < -0.3 is 14.2 Å². The number of para-hydroxylation sites is 1. The van der Waals surface area contributed by atoms with Crippen LogP contribution in [0.5, 0.6) is 11.5 Å². The van der Waals surface area contributed by atoms with Crippen LogP contribution in [0.3, 0.4) is 0 Å². The molecule has 0 N–H and O–H groups in total. The molecule has 2 aromatic rings. The van der Waals surface area contributed by atoms with Gasteiger partial charge in [0.15, 0.2) is 6.61 Å². The summed E-state index contributed by atoms with van der Waals surface area (Å²) in [4.78, 5) is 11.6. The number of aryl methyl sites for hydroxylation is 1. The molecule has 0 saturated carbocycles. The first-order valence-electron chi connectivity index (χ1n) is 6.87. The fourth-order valence-electron chi connectivity index (χ4n) is 1.72. The van der Waals surface area contributed by atoms with Gasteiger partial charge >= 0.3 is 5.97 Å². The van der Waals surface area contributed by atoms with E-state index >= 15 is 0 Å². The molecule has 0 spiro atoms. The normalized spacial score (nSPS) is 10.1. The van der Waals surface area contributed by atoms with Gasteiger partial charge in [0.05, 0.1) is 0 Å². The van der Waals surface area contributed by atoms with Crippen LogP contribution in [-0.4, -0.2) is 25.8 Å². The minimum atomic E-state index is -0.440. The summed E-state index contributed by atoms with van der Waals surface area (Å²) in [5.74, 6) is 0.884. The lowest BCUT2D eigenvalue weighted by atomic mass is 10.2. The van der Waals surface area contributed by atoms with Crippen LogP contribution >= 0.6 is 11.6 Å². The van der Waals surface area contributed by atoms with Crippen LogP contribution < -0.4 is 9.47 Å². The smallest absolute Gasteiger partial charge is 0.344 e. The Morgan fingerprint density at radius 2 is 1.77 bits per heavy atom. The Morgan fingerprint density at radius 1 is 1.00 bits per heavy atom. The average molecular weight is 321 g/mol. The second-order valence-electron chi connectivity index (χ2n) is 4.58. The second kappa shape index (κ2) is 8.29. The predicted octanol–water partition coefficient (Wildman–Crippen LogP) is 3.65. The zero-order chi connectivity index (χ0) is 15.8. The fraction of sp³-hybridized carbons (Fsp3) is 0.235. The third-order valence-electron chi connectivity index (χ3n) is 2.84. The Bertz CT molecular complexity index is 613. The highest BCUT2D eigenvalue weighted by Gasteiger charge is 2.05. The number of carbonyl (C=O) groups excluding carboxylic acids is 1. The van der Waals surface area contributed by atoms with Gasteiger partial charge in [0.25, 0.3) is 0 Å². The summed E-state index contributed by atoms with van der Waals surface area (Å²) in [7, 11) is 0. The van der Waals surface area contributed by atoms with Crippen molar-refractivity contribution < 1.29 is 19.0 Å². The molecular weight excluding hydrogens is 304 g/mol. The molecule has 5 heteroatoms. The third kappa shape index (κ3) is 5.30. The van der Waals surface area contributed by atoms with Gasteiger partial charge in [-0.05, 0) is 42.8 Å². The van der Waals surface area contributed by atoms with E-state index in [0.717, 1.165) is 11.3 Å². The number of rotatable bonds is 7. The molecule has 0 aliphatic carbocycles. The largest absolute Gasteiger partial charge is 0.490 e. The van der Waals surface area contributed by atoms with Crippen LogP contribution in [0, 0.1) is 6.92 Å². The molecule has 0 amide bonds. The van der Waals surface area contributed by atoms with E-state index in [1.165, 1.54) is 0 Å². The summed E-state index contributed by atoms with van der Waals surface area (Å²) in [6, 6.07) is 14.6.